The van der Waals surface area contributed by atoms with E-state index in [1.807, 2.05) is 0 Å². The van der Waals surface area contributed by atoms with E-state index in [9.17, 15) is 25.2 Å². The number of fused-ring (bicyclic) bond motifs is 1. The van der Waals surface area contributed by atoms with Crippen LogP contribution in [-0.2, 0) is 14.3 Å². The molecule has 4 fully saturated rings. The Kier molecular flexibility index (Phi) is 4.30. The molecule has 3 saturated carbocycles. The number of aliphatic hydroxyl groups is 3. The predicted octanol–water partition coefficient (Wildman–Crippen LogP) is 1.06. The lowest BCUT2D eigenvalue weighted by molar-refractivity contribution is -0.376. The number of carbonyl (C=O) groups is 1. The molecule has 0 aromatic carbocycles. The lowest BCUT2D eigenvalue weighted by atomic mass is 9.38. The molecule has 0 amide bonds. The minimum atomic E-state index is -1.71. The molecule has 4 bridgehead atoms. The van der Waals surface area contributed by atoms with Gasteiger partial charge in [0.25, 0.3) is 0 Å². The van der Waals surface area contributed by atoms with Crippen molar-refractivity contribution in [2.24, 2.45) is 22.7 Å². The van der Waals surface area contributed by atoms with Crippen molar-refractivity contribution in [2.45, 2.75) is 82.8 Å². The molecule has 4 aliphatic carbocycles. The third-order valence-corrected chi connectivity index (χ3v) is 8.26. The number of carboxylic acid groups (broad SMARTS) is 1. The summed E-state index contributed by atoms with van der Waals surface area (Å²) in [6.45, 7) is 6.58. The molecule has 0 aromatic rings. The van der Waals surface area contributed by atoms with Crippen LogP contribution < -0.4 is 0 Å². The number of rotatable bonds is 3. The molecule has 9 atom stereocenters. The molecule has 1 saturated heterocycles. The monoisotopic (exact) mass is 382 g/mol. The Morgan fingerprint density at radius 2 is 1.85 bits per heavy atom. The third kappa shape index (κ3) is 2.35. The van der Waals surface area contributed by atoms with E-state index in [1.165, 1.54) is 0 Å². The number of hydrogen-bond acceptors (Lipinski definition) is 6. The van der Waals surface area contributed by atoms with Crippen molar-refractivity contribution in [3.8, 4) is 0 Å². The minimum Gasteiger partial charge on any atom is -0.479 e. The van der Waals surface area contributed by atoms with Crippen molar-refractivity contribution < 1.29 is 34.7 Å². The molecule has 7 nitrogen and oxygen atoms in total. The van der Waals surface area contributed by atoms with E-state index in [0.29, 0.717) is 18.3 Å². The Morgan fingerprint density at radius 3 is 2.52 bits per heavy atom. The Balaban J connectivity index is 1.71. The Morgan fingerprint density at radius 1 is 1.15 bits per heavy atom. The fourth-order valence-electron chi connectivity index (χ4n) is 6.43. The first-order chi connectivity index (χ1) is 12.5. The normalized spacial score (nSPS) is 53.3. The van der Waals surface area contributed by atoms with Gasteiger partial charge in [-0.1, -0.05) is 32.9 Å². The zero-order valence-electron chi connectivity index (χ0n) is 16.0. The summed E-state index contributed by atoms with van der Waals surface area (Å²) in [5.74, 6) is -0.568. The summed E-state index contributed by atoms with van der Waals surface area (Å²) in [5.41, 5.74) is -1.01. The first kappa shape index (κ1) is 19.3. The Hall–Kier alpha value is -0.990. The number of hydrogen-bond donors (Lipinski definition) is 4. The first-order valence-corrected chi connectivity index (χ1v) is 9.82. The van der Waals surface area contributed by atoms with Gasteiger partial charge in [-0.05, 0) is 42.9 Å². The zero-order valence-corrected chi connectivity index (χ0v) is 16.0. The highest BCUT2D eigenvalue weighted by Crippen LogP contribution is 2.71. The SMILES string of the molecule is CC1(C)[C@@H]2CC[C@@]3(C)[C@H](C=CC[C@@]13OC1O[C@H](C(=O)O)[C@@H](O)[C@H](O)[C@H]1O)C2. The summed E-state index contributed by atoms with van der Waals surface area (Å²) >= 11 is 0. The molecule has 0 spiro atoms. The first-order valence-electron chi connectivity index (χ1n) is 9.82. The van der Waals surface area contributed by atoms with Crippen molar-refractivity contribution in [2.75, 3.05) is 0 Å². The van der Waals surface area contributed by atoms with Crippen LogP contribution in [-0.4, -0.2) is 62.7 Å². The van der Waals surface area contributed by atoms with Crippen LogP contribution in [0.3, 0.4) is 0 Å². The van der Waals surface area contributed by atoms with Crippen LogP contribution in [0.15, 0.2) is 12.2 Å². The van der Waals surface area contributed by atoms with E-state index in [0.717, 1.165) is 19.3 Å². The lowest BCUT2D eigenvalue weighted by Crippen LogP contribution is -2.73. The van der Waals surface area contributed by atoms with E-state index < -0.39 is 42.3 Å². The summed E-state index contributed by atoms with van der Waals surface area (Å²) in [7, 11) is 0. The van der Waals surface area contributed by atoms with E-state index in [2.05, 4.69) is 32.9 Å². The highest BCUT2D eigenvalue weighted by molar-refractivity contribution is 5.73. The minimum absolute atomic E-state index is 0.164. The molecule has 4 N–H and O–H groups in total. The Labute approximate surface area is 159 Å². The van der Waals surface area contributed by atoms with Crippen LogP contribution in [0, 0.1) is 22.7 Å². The van der Waals surface area contributed by atoms with Crippen molar-refractivity contribution >= 4 is 5.97 Å². The molecule has 1 aliphatic heterocycles. The fourth-order valence-corrected chi connectivity index (χ4v) is 6.43. The van der Waals surface area contributed by atoms with Gasteiger partial charge >= 0.3 is 5.97 Å². The second-order valence-electron chi connectivity index (χ2n) is 9.53. The van der Waals surface area contributed by atoms with Crippen LogP contribution in [0.2, 0.25) is 0 Å². The van der Waals surface area contributed by atoms with Crippen molar-refractivity contribution in [1.82, 2.24) is 0 Å². The van der Waals surface area contributed by atoms with E-state index in [1.54, 1.807) is 0 Å². The average Bonchev–Trinajstić information content (AvgIpc) is 2.60. The zero-order chi connectivity index (χ0) is 19.8. The number of ether oxygens (including phenoxy) is 2. The molecule has 5 rings (SSSR count). The van der Waals surface area contributed by atoms with Crippen LogP contribution in [0.5, 0.6) is 0 Å². The maximum atomic E-state index is 11.4. The van der Waals surface area contributed by atoms with E-state index >= 15 is 0 Å². The summed E-state index contributed by atoms with van der Waals surface area (Å²) in [5, 5.41) is 39.9. The summed E-state index contributed by atoms with van der Waals surface area (Å²) < 4.78 is 12.0. The van der Waals surface area contributed by atoms with Crippen molar-refractivity contribution in [3.63, 3.8) is 0 Å². The predicted molar refractivity (Wildman–Crippen MR) is 94.6 cm³/mol. The third-order valence-electron chi connectivity index (χ3n) is 8.26. The van der Waals surface area contributed by atoms with Crippen LogP contribution in [0.4, 0.5) is 0 Å². The van der Waals surface area contributed by atoms with Crippen molar-refractivity contribution in [1.29, 1.82) is 0 Å². The molecule has 5 aliphatic rings. The highest BCUT2D eigenvalue weighted by atomic mass is 16.7. The molecule has 1 heterocycles. The molecule has 0 radical (unpaired) electrons. The van der Waals surface area contributed by atoms with Gasteiger partial charge in [0.1, 0.15) is 18.3 Å². The van der Waals surface area contributed by atoms with Gasteiger partial charge in [0.15, 0.2) is 12.4 Å². The van der Waals surface area contributed by atoms with Gasteiger partial charge in [0, 0.05) is 5.41 Å². The second kappa shape index (κ2) is 6.00. The van der Waals surface area contributed by atoms with Gasteiger partial charge in [-0.15, -0.1) is 0 Å². The largest absolute Gasteiger partial charge is 0.479 e. The molecular weight excluding hydrogens is 352 g/mol. The standard InChI is InChI=1S/C20H30O7/c1-18(2)10-6-8-19(3)11(9-10)5-4-7-20(18,19)27-17-14(23)12(21)13(22)15(26-17)16(24)25/h4-5,10-15,17,21-23H,6-9H2,1-3H3,(H,24,25)/t10-,11-,12+,13+,14-,15+,17?,19+,20-/m1/s1. The van der Waals surface area contributed by atoms with Crippen molar-refractivity contribution in [3.05, 3.63) is 12.2 Å². The van der Waals surface area contributed by atoms with Gasteiger partial charge in [-0.2, -0.15) is 0 Å². The van der Waals surface area contributed by atoms with E-state index in [4.69, 9.17) is 9.47 Å². The Bertz CT molecular complexity index is 661. The summed E-state index contributed by atoms with van der Waals surface area (Å²) in [6.07, 6.45) is 0.402. The van der Waals surface area contributed by atoms with Gasteiger partial charge in [0.05, 0.1) is 5.60 Å². The smallest absolute Gasteiger partial charge is 0.335 e. The summed E-state index contributed by atoms with van der Waals surface area (Å²) in [6, 6.07) is 0. The maximum absolute atomic E-state index is 11.4. The van der Waals surface area contributed by atoms with E-state index in [-0.39, 0.29) is 10.8 Å². The molecule has 0 aromatic heterocycles. The number of aliphatic hydroxyl groups excluding tert-OH is 3. The molecule has 7 heteroatoms. The number of carboxylic acids is 1. The topological polar surface area (TPSA) is 116 Å². The number of aliphatic carboxylic acids is 1. The molecular formula is C20H30O7. The highest BCUT2D eigenvalue weighted by Gasteiger charge is 2.70. The average molecular weight is 382 g/mol. The van der Waals surface area contributed by atoms with Gasteiger partial charge in [0.2, 0.25) is 0 Å². The maximum Gasteiger partial charge on any atom is 0.335 e. The fraction of sp³-hybridized carbons (Fsp3) is 0.850. The van der Waals surface area contributed by atoms with Crippen LogP contribution in [0.25, 0.3) is 0 Å². The van der Waals surface area contributed by atoms with Gasteiger partial charge in [-0.3, -0.25) is 0 Å². The van der Waals surface area contributed by atoms with Gasteiger partial charge in [-0.25, -0.2) is 4.79 Å². The quantitative estimate of drug-likeness (QED) is 0.539. The summed E-state index contributed by atoms with van der Waals surface area (Å²) in [4.78, 5) is 11.4. The molecule has 27 heavy (non-hydrogen) atoms. The van der Waals surface area contributed by atoms with Crippen LogP contribution >= 0.6 is 0 Å². The second-order valence-corrected chi connectivity index (χ2v) is 9.53. The number of allylic oxidation sites excluding steroid dienone is 1. The lowest BCUT2D eigenvalue weighted by Gasteiger charge is -2.71. The molecule has 1 unspecified atom stereocenters. The molecule has 152 valence electrons. The van der Waals surface area contributed by atoms with Crippen LogP contribution in [0.1, 0.15) is 46.5 Å². The van der Waals surface area contributed by atoms with Gasteiger partial charge < -0.3 is 29.9 Å².